The van der Waals surface area contributed by atoms with E-state index in [0.29, 0.717) is 21.7 Å². The van der Waals surface area contributed by atoms with E-state index in [9.17, 15) is 9.60 Å². The fourth-order valence-corrected chi connectivity index (χ4v) is 1.35. The lowest BCUT2D eigenvalue weighted by atomic mass is 10.2. The van der Waals surface area contributed by atoms with Crippen LogP contribution < -0.4 is 4.73 Å². The van der Waals surface area contributed by atoms with E-state index in [0.717, 1.165) is 0 Å². The average Bonchev–Trinajstić information content (AvgIpc) is 2.46. The van der Waals surface area contributed by atoms with Crippen molar-refractivity contribution < 1.29 is 13.5 Å². The number of nitrogens with zero attached hydrogens (tertiary/aromatic N) is 1. The third-order valence-electron chi connectivity index (χ3n) is 2.32. The fourth-order valence-electron chi connectivity index (χ4n) is 1.35. The number of aromatic nitrogens is 1. The van der Waals surface area contributed by atoms with E-state index < -0.39 is 0 Å². The fraction of sp³-hybridized carbons (Fsp3) is 0.182. The second-order valence-corrected chi connectivity index (χ2v) is 3.35. The smallest absolute Gasteiger partial charge is 0.392 e. The molecule has 0 N–H and O–H groups in total. The van der Waals surface area contributed by atoms with Gasteiger partial charge in [0.1, 0.15) is 5.82 Å². The average molecular weight is 207 g/mol. The lowest BCUT2D eigenvalue weighted by Gasteiger charge is -1.97. The van der Waals surface area contributed by atoms with Crippen LogP contribution in [0.4, 0.5) is 4.39 Å². The highest BCUT2D eigenvalue weighted by atomic mass is 19.1. The SMILES string of the molecule is Cc1oc(-c2cccc(F)c2)[n+]([O-])c1C. The highest BCUT2D eigenvalue weighted by Gasteiger charge is 2.20. The van der Waals surface area contributed by atoms with Gasteiger partial charge in [0.15, 0.2) is 5.76 Å². The van der Waals surface area contributed by atoms with Gasteiger partial charge in [0.2, 0.25) is 5.69 Å². The molecule has 0 spiro atoms. The molecule has 0 aliphatic carbocycles. The van der Waals surface area contributed by atoms with Crippen LogP contribution in [0.15, 0.2) is 28.7 Å². The molecule has 15 heavy (non-hydrogen) atoms. The van der Waals surface area contributed by atoms with Gasteiger partial charge in [0.05, 0.1) is 5.56 Å². The molecular formula is C11H10FNO2. The summed E-state index contributed by atoms with van der Waals surface area (Å²) in [5, 5.41) is 11.6. The summed E-state index contributed by atoms with van der Waals surface area (Å²) in [7, 11) is 0. The second kappa shape index (κ2) is 3.38. The lowest BCUT2D eigenvalue weighted by molar-refractivity contribution is -0.602. The summed E-state index contributed by atoms with van der Waals surface area (Å²) >= 11 is 0. The Balaban J connectivity index is 2.59. The first kappa shape index (κ1) is 9.71. The summed E-state index contributed by atoms with van der Waals surface area (Å²) in [6, 6.07) is 5.76. The first-order valence-electron chi connectivity index (χ1n) is 4.55. The van der Waals surface area contributed by atoms with E-state index in [4.69, 9.17) is 4.42 Å². The van der Waals surface area contributed by atoms with Crippen LogP contribution in [0, 0.1) is 24.9 Å². The lowest BCUT2D eigenvalue weighted by Crippen LogP contribution is -2.29. The molecule has 0 unspecified atom stereocenters. The molecular weight excluding hydrogens is 197 g/mol. The molecule has 1 aromatic carbocycles. The molecule has 0 aliphatic heterocycles. The number of hydrogen-bond donors (Lipinski definition) is 0. The normalized spacial score (nSPS) is 10.6. The maximum Gasteiger partial charge on any atom is 0.392 e. The summed E-state index contributed by atoms with van der Waals surface area (Å²) in [5.41, 5.74) is 0.940. The van der Waals surface area contributed by atoms with Gasteiger partial charge in [0, 0.05) is 13.8 Å². The molecule has 4 heteroatoms. The second-order valence-electron chi connectivity index (χ2n) is 3.35. The molecule has 2 rings (SSSR count). The van der Waals surface area contributed by atoms with Crippen molar-refractivity contribution in [2.75, 3.05) is 0 Å². The predicted molar refractivity (Wildman–Crippen MR) is 52.5 cm³/mol. The molecule has 2 aromatic rings. The van der Waals surface area contributed by atoms with Crippen molar-refractivity contribution in [3.63, 3.8) is 0 Å². The maximum atomic E-state index is 12.9. The molecule has 0 radical (unpaired) electrons. The first-order chi connectivity index (χ1) is 7.09. The molecule has 3 nitrogen and oxygen atoms in total. The molecule has 0 saturated heterocycles. The van der Waals surface area contributed by atoms with Crippen LogP contribution in [0.1, 0.15) is 11.5 Å². The van der Waals surface area contributed by atoms with E-state index in [1.807, 2.05) is 0 Å². The summed E-state index contributed by atoms with van der Waals surface area (Å²) in [6.07, 6.45) is 0. The number of benzene rings is 1. The Hall–Kier alpha value is -1.84. The van der Waals surface area contributed by atoms with Crippen molar-refractivity contribution in [2.45, 2.75) is 13.8 Å². The Labute approximate surface area is 86.4 Å². The van der Waals surface area contributed by atoms with E-state index in [1.165, 1.54) is 18.2 Å². The van der Waals surface area contributed by atoms with E-state index in [2.05, 4.69) is 0 Å². The Morgan fingerprint density at radius 3 is 2.60 bits per heavy atom. The highest BCUT2D eigenvalue weighted by molar-refractivity contribution is 5.50. The topological polar surface area (TPSA) is 40.1 Å². The Morgan fingerprint density at radius 2 is 2.07 bits per heavy atom. The van der Waals surface area contributed by atoms with Crippen molar-refractivity contribution in [1.82, 2.24) is 0 Å². The van der Waals surface area contributed by atoms with E-state index in [1.54, 1.807) is 19.9 Å². The summed E-state index contributed by atoms with van der Waals surface area (Å²) < 4.78 is 18.9. The Kier molecular flexibility index (Phi) is 2.19. The first-order valence-corrected chi connectivity index (χ1v) is 4.55. The number of hydrogen-bond acceptors (Lipinski definition) is 2. The van der Waals surface area contributed by atoms with Crippen LogP contribution in [0.3, 0.4) is 0 Å². The zero-order valence-corrected chi connectivity index (χ0v) is 8.45. The minimum Gasteiger partial charge on any atom is -0.616 e. The quantitative estimate of drug-likeness (QED) is 0.532. The molecule has 0 aliphatic rings. The minimum atomic E-state index is -0.390. The zero-order chi connectivity index (χ0) is 11.0. The number of halogens is 1. The number of rotatable bonds is 1. The van der Waals surface area contributed by atoms with E-state index in [-0.39, 0.29) is 11.7 Å². The standard InChI is InChI=1S/C11H10FNO2/c1-7-8(2)15-11(13(7)14)9-4-3-5-10(12)6-9/h3-6H,1-2H3. The number of oxazole rings is 1. The number of aryl methyl sites for hydroxylation is 1. The van der Waals surface area contributed by atoms with Gasteiger partial charge in [-0.2, -0.15) is 0 Å². The van der Waals surface area contributed by atoms with E-state index >= 15 is 0 Å². The molecule has 0 fully saturated rings. The molecule has 78 valence electrons. The van der Waals surface area contributed by atoms with Gasteiger partial charge in [0.25, 0.3) is 0 Å². The van der Waals surface area contributed by atoms with Crippen LogP contribution >= 0.6 is 0 Å². The molecule has 1 heterocycles. The van der Waals surface area contributed by atoms with Crippen LogP contribution in [-0.4, -0.2) is 0 Å². The summed E-state index contributed by atoms with van der Waals surface area (Å²) in [6.45, 7) is 3.36. The van der Waals surface area contributed by atoms with Crippen molar-refractivity contribution in [1.29, 1.82) is 0 Å². The molecule has 0 atom stereocenters. The molecule has 0 bridgehead atoms. The highest BCUT2D eigenvalue weighted by Crippen LogP contribution is 2.19. The van der Waals surface area contributed by atoms with Crippen LogP contribution in [0.2, 0.25) is 0 Å². The third kappa shape index (κ3) is 1.58. The predicted octanol–water partition coefficient (Wildman–Crippen LogP) is 2.34. The van der Waals surface area contributed by atoms with Crippen molar-refractivity contribution >= 4 is 0 Å². The van der Waals surface area contributed by atoms with Crippen molar-refractivity contribution in [2.24, 2.45) is 0 Å². The van der Waals surface area contributed by atoms with Gasteiger partial charge in [-0.15, -0.1) is 4.73 Å². The molecule has 0 saturated carbocycles. The zero-order valence-electron chi connectivity index (χ0n) is 8.45. The third-order valence-corrected chi connectivity index (χ3v) is 2.32. The van der Waals surface area contributed by atoms with Gasteiger partial charge in [-0.1, -0.05) is 6.07 Å². The largest absolute Gasteiger partial charge is 0.616 e. The van der Waals surface area contributed by atoms with Gasteiger partial charge in [-0.05, 0) is 18.2 Å². The van der Waals surface area contributed by atoms with Crippen molar-refractivity contribution in [3.05, 3.63) is 46.7 Å². The van der Waals surface area contributed by atoms with Crippen molar-refractivity contribution in [3.8, 4) is 11.5 Å². The van der Waals surface area contributed by atoms with Gasteiger partial charge in [-0.25, -0.2) is 4.39 Å². The Morgan fingerprint density at radius 1 is 1.33 bits per heavy atom. The Bertz CT molecular complexity index is 505. The van der Waals surface area contributed by atoms with Crippen LogP contribution in [-0.2, 0) is 0 Å². The van der Waals surface area contributed by atoms with Crippen LogP contribution in [0.5, 0.6) is 0 Å². The summed E-state index contributed by atoms with van der Waals surface area (Å²) in [4.78, 5) is 0. The maximum absolute atomic E-state index is 12.9. The van der Waals surface area contributed by atoms with Crippen LogP contribution in [0.25, 0.3) is 11.5 Å². The van der Waals surface area contributed by atoms with Gasteiger partial charge >= 0.3 is 5.89 Å². The molecule has 1 aromatic heterocycles. The molecule has 0 amide bonds. The monoisotopic (exact) mass is 207 g/mol. The van der Waals surface area contributed by atoms with Gasteiger partial charge in [-0.3, -0.25) is 0 Å². The van der Waals surface area contributed by atoms with Gasteiger partial charge < -0.3 is 9.62 Å². The minimum absolute atomic E-state index is 0.129. The summed E-state index contributed by atoms with van der Waals surface area (Å²) in [5.74, 6) is 0.285.